The normalized spacial score (nSPS) is 9.61. The number of hydrogen-bond acceptors (Lipinski definition) is 2. The van der Waals surface area contributed by atoms with Gasteiger partial charge in [-0.2, -0.15) is 0 Å². The first-order chi connectivity index (χ1) is 8.31. The Hall–Kier alpha value is 0.210. The van der Waals surface area contributed by atoms with Crippen LogP contribution >= 0.6 is 0 Å². The molecule has 0 N–H and O–H groups in total. The van der Waals surface area contributed by atoms with E-state index in [2.05, 4.69) is 13.5 Å². The van der Waals surface area contributed by atoms with Gasteiger partial charge in [0.2, 0.25) is 0 Å². The van der Waals surface area contributed by atoms with Crippen molar-refractivity contribution in [2.75, 3.05) is 6.61 Å². The molecule has 0 radical (unpaired) electrons. The fraction of sp³-hybridized carbons (Fsp3) is 0.800. The minimum absolute atomic E-state index is 0. The molecule has 0 aliphatic carbocycles. The summed E-state index contributed by atoms with van der Waals surface area (Å²) < 4.78 is 4.91. The average molecular weight is 264 g/mol. The van der Waals surface area contributed by atoms with Gasteiger partial charge in [-0.25, -0.2) is 0 Å². The molecule has 0 saturated carbocycles. The van der Waals surface area contributed by atoms with Crippen molar-refractivity contribution in [3.8, 4) is 0 Å². The fourth-order valence-electron chi connectivity index (χ4n) is 1.80. The molecule has 0 atom stereocenters. The number of carbonyl (C=O) groups is 1. The molecule has 0 saturated heterocycles. The molecule has 102 valence electrons. The molecule has 0 aliphatic rings. The number of ether oxygens (including phenoxy) is 1. The van der Waals surface area contributed by atoms with Gasteiger partial charge in [-0.15, -0.1) is 0 Å². The first kappa shape index (κ1) is 20.5. The van der Waals surface area contributed by atoms with Gasteiger partial charge in [-0.05, 0) is 6.42 Å². The summed E-state index contributed by atoms with van der Waals surface area (Å²) in [5, 5.41) is 0. The molecule has 0 bridgehead atoms. The van der Waals surface area contributed by atoms with E-state index in [0.29, 0.717) is 13.0 Å². The van der Waals surface area contributed by atoms with Crippen LogP contribution in [0, 0.1) is 0 Å². The number of esters is 1. The second-order valence-corrected chi connectivity index (χ2v) is 4.55. The molecule has 0 aromatic carbocycles. The molecular weight excluding hydrogens is 235 g/mol. The van der Waals surface area contributed by atoms with Crippen molar-refractivity contribution in [1.29, 1.82) is 0 Å². The van der Waals surface area contributed by atoms with Gasteiger partial charge in [0.15, 0.2) is 0 Å². The molecular formula is C15H29NaO2. The Balaban J connectivity index is 0. The quantitative estimate of drug-likeness (QED) is 0.230. The van der Waals surface area contributed by atoms with Crippen molar-refractivity contribution in [3.63, 3.8) is 0 Å². The Labute approximate surface area is 135 Å². The molecule has 0 fully saturated rings. The molecule has 0 aromatic heterocycles. The van der Waals surface area contributed by atoms with Crippen molar-refractivity contribution in [2.24, 2.45) is 0 Å². The molecule has 0 aromatic rings. The van der Waals surface area contributed by atoms with Crippen molar-refractivity contribution in [2.45, 2.75) is 71.1 Å². The van der Waals surface area contributed by atoms with E-state index in [1.165, 1.54) is 44.9 Å². The second-order valence-electron chi connectivity index (χ2n) is 4.55. The van der Waals surface area contributed by atoms with Crippen LogP contribution in [0.25, 0.3) is 0 Å². The monoisotopic (exact) mass is 264 g/mol. The maximum absolute atomic E-state index is 11.1. The van der Waals surface area contributed by atoms with Gasteiger partial charge in [-0.3, -0.25) is 4.79 Å². The van der Waals surface area contributed by atoms with Gasteiger partial charge in [0, 0.05) is 6.42 Å². The molecule has 0 heterocycles. The van der Waals surface area contributed by atoms with Crippen LogP contribution in [0.5, 0.6) is 0 Å². The van der Waals surface area contributed by atoms with Crippen LogP contribution in [0.3, 0.4) is 0 Å². The third kappa shape index (κ3) is 16.2. The van der Waals surface area contributed by atoms with E-state index in [1.807, 2.05) is 0 Å². The third-order valence-corrected chi connectivity index (χ3v) is 2.85. The third-order valence-electron chi connectivity index (χ3n) is 2.85. The van der Waals surface area contributed by atoms with E-state index >= 15 is 0 Å². The summed E-state index contributed by atoms with van der Waals surface area (Å²) in [6.45, 7) is 6.09. The van der Waals surface area contributed by atoms with E-state index in [0.717, 1.165) is 12.8 Å². The predicted octanol–water partition coefficient (Wildman–Crippen LogP) is 3.99. The summed E-state index contributed by atoms with van der Waals surface area (Å²) in [5.74, 6) is -0.0900. The van der Waals surface area contributed by atoms with E-state index in [9.17, 15) is 4.79 Å². The van der Waals surface area contributed by atoms with Crippen molar-refractivity contribution in [1.82, 2.24) is 0 Å². The molecule has 0 unspecified atom stereocenters. The van der Waals surface area contributed by atoms with Gasteiger partial charge < -0.3 is 4.74 Å². The predicted molar refractivity (Wildman–Crippen MR) is 80.1 cm³/mol. The van der Waals surface area contributed by atoms with Crippen LogP contribution in [-0.4, -0.2) is 42.1 Å². The number of hydrogen-bond donors (Lipinski definition) is 0. The zero-order valence-corrected chi connectivity index (χ0v) is 11.4. The molecule has 0 aliphatic heterocycles. The number of carbonyl (C=O) groups excluding carboxylic acids is 1. The minimum atomic E-state index is -0.0900. The van der Waals surface area contributed by atoms with Gasteiger partial charge in [0.25, 0.3) is 0 Å². The van der Waals surface area contributed by atoms with E-state index in [1.54, 1.807) is 6.08 Å². The zero-order valence-electron chi connectivity index (χ0n) is 11.4. The number of rotatable bonds is 12. The van der Waals surface area contributed by atoms with Crippen molar-refractivity contribution < 1.29 is 9.53 Å². The summed E-state index contributed by atoms with van der Waals surface area (Å²) in [5.41, 5.74) is 0. The maximum atomic E-state index is 11.1. The van der Waals surface area contributed by atoms with E-state index in [-0.39, 0.29) is 35.5 Å². The average Bonchev–Trinajstić information content (AvgIpc) is 2.34. The molecule has 3 heteroatoms. The van der Waals surface area contributed by atoms with Crippen LogP contribution in [0.2, 0.25) is 0 Å². The molecule has 18 heavy (non-hydrogen) atoms. The van der Waals surface area contributed by atoms with Crippen LogP contribution in [0.4, 0.5) is 0 Å². The summed E-state index contributed by atoms with van der Waals surface area (Å²) >= 11 is 0. The van der Waals surface area contributed by atoms with Crippen LogP contribution in [0.15, 0.2) is 12.7 Å². The van der Waals surface area contributed by atoms with Crippen LogP contribution in [0.1, 0.15) is 71.1 Å². The molecule has 0 spiro atoms. The van der Waals surface area contributed by atoms with Gasteiger partial charge in [0.1, 0.15) is 6.61 Å². The molecule has 0 rings (SSSR count). The van der Waals surface area contributed by atoms with Gasteiger partial charge >= 0.3 is 35.5 Å². The SMILES string of the molecule is C=CCOC(=O)CCCCCCCCCCC.[NaH]. The first-order valence-corrected chi connectivity index (χ1v) is 7.07. The molecule has 0 amide bonds. The van der Waals surface area contributed by atoms with Crippen molar-refractivity contribution in [3.05, 3.63) is 12.7 Å². The number of unbranched alkanes of at least 4 members (excludes halogenated alkanes) is 8. The Morgan fingerprint density at radius 3 is 2.00 bits per heavy atom. The van der Waals surface area contributed by atoms with Gasteiger partial charge in [0.05, 0.1) is 0 Å². The summed E-state index contributed by atoms with van der Waals surface area (Å²) in [7, 11) is 0. The first-order valence-electron chi connectivity index (χ1n) is 7.07. The van der Waals surface area contributed by atoms with E-state index in [4.69, 9.17) is 4.74 Å². The molecule has 2 nitrogen and oxygen atoms in total. The van der Waals surface area contributed by atoms with Crippen LogP contribution < -0.4 is 0 Å². The second kappa shape index (κ2) is 17.2. The Morgan fingerprint density at radius 2 is 1.50 bits per heavy atom. The van der Waals surface area contributed by atoms with Crippen molar-refractivity contribution >= 4 is 35.5 Å². The summed E-state index contributed by atoms with van der Waals surface area (Å²) in [6, 6.07) is 0. The topological polar surface area (TPSA) is 26.3 Å². The van der Waals surface area contributed by atoms with Gasteiger partial charge in [-0.1, -0.05) is 70.9 Å². The Kier molecular flexibility index (Phi) is 19.6. The summed E-state index contributed by atoms with van der Waals surface area (Å²) in [6.07, 6.45) is 13.6. The van der Waals surface area contributed by atoms with E-state index < -0.39 is 0 Å². The zero-order chi connectivity index (χ0) is 12.8. The van der Waals surface area contributed by atoms with Crippen LogP contribution in [-0.2, 0) is 9.53 Å². The standard InChI is InChI=1S/C15H28O2.Na.H/c1-3-5-6-7-8-9-10-11-12-13-15(16)17-14-4-2;;/h4H,2-3,5-14H2,1H3;;. The summed E-state index contributed by atoms with van der Waals surface area (Å²) in [4.78, 5) is 11.1. The Morgan fingerprint density at radius 1 is 1.00 bits per heavy atom. The Bertz CT molecular complexity index is 193. The fourth-order valence-corrected chi connectivity index (χ4v) is 1.80.